The highest BCUT2D eigenvalue weighted by Gasteiger charge is 2.25. The van der Waals surface area contributed by atoms with E-state index in [1.54, 1.807) is 0 Å². The van der Waals surface area contributed by atoms with Crippen LogP contribution >= 0.6 is 0 Å². The summed E-state index contributed by atoms with van der Waals surface area (Å²) >= 11 is 0. The van der Waals surface area contributed by atoms with Crippen LogP contribution < -0.4 is 10.7 Å². The van der Waals surface area contributed by atoms with Gasteiger partial charge in [-0.25, -0.2) is 15.0 Å². The van der Waals surface area contributed by atoms with Crippen molar-refractivity contribution in [2.24, 2.45) is 0 Å². The van der Waals surface area contributed by atoms with Gasteiger partial charge in [0.1, 0.15) is 17.5 Å². The quantitative estimate of drug-likeness (QED) is 0.885. The second-order valence-corrected chi connectivity index (χ2v) is 6.05. The van der Waals surface area contributed by atoms with Crippen LogP contribution in [0.4, 0.5) is 11.6 Å². The zero-order valence-electron chi connectivity index (χ0n) is 13.3. The minimum absolute atomic E-state index is 0.319. The predicted molar refractivity (Wildman–Crippen MR) is 83.9 cm³/mol. The molecule has 1 aromatic rings. The molecule has 0 bridgehead atoms. The van der Waals surface area contributed by atoms with E-state index in [9.17, 15) is 0 Å². The molecule has 112 valence electrons. The Morgan fingerprint density at radius 1 is 1.15 bits per heavy atom. The average Bonchev–Trinajstić information content (AvgIpc) is 2.42. The van der Waals surface area contributed by atoms with Crippen LogP contribution in [0.3, 0.4) is 0 Å². The van der Waals surface area contributed by atoms with Gasteiger partial charge < -0.3 is 10.7 Å². The number of rotatable bonds is 4. The number of hydrogen-bond donors (Lipinski definition) is 2. The Morgan fingerprint density at radius 2 is 1.75 bits per heavy atom. The molecule has 2 heterocycles. The van der Waals surface area contributed by atoms with Crippen LogP contribution in [0, 0.1) is 0 Å². The number of hydrazine groups is 1. The molecule has 1 aliphatic heterocycles. The number of anilines is 2. The van der Waals surface area contributed by atoms with Gasteiger partial charge in [-0.05, 0) is 26.7 Å². The Labute approximate surface area is 122 Å². The molecular formula is C15H27N5. The van der Waals surface area contributed by atoms with Gasteiger partial charge in [0.15, 0.2) is 0 Å². The fraction of sp³-hybridized carbons (Fsp3) is 0.733. The molecule has 0 amide bonds. The summed E-state index contributed by atoms with van der Waals surface area (Å²) in [6, 6.07) is 3.04. The molecule has 0 radical (unpaired) electrons. The second kappa shape index (κ2) is 6.39. The minimum atomic E-state index is 0.319. The topological polar surface area (TPSA) is 53.1 Å². The van der Waals surface area contributed by atoms with E-state index in [0.717, 1.165) is 17.5 Å². The fourth-order valence-electron chi connectivity index (χ4n) is 2.68. The molecule has 1 saturated heterocycles. The van der Waals surface area contributed by atoms with Crippen molar-refractivity contribution in [2.75, 3.05) is 17.8 Å². The second-order valence-electron chi connectivity index (χ2n) is 6.05. The van der Waals surface area contributed by atoms with Gasteiger partial charge in [0, 0.05) is 31.1 Å². The first-order valence-electron chi connectivity index (χ1n) is 7.63. The predicted octanol–water partition coefficient (Wildman–Crippen LogP) is 3.23. The molecule has 1 fully saturated rings. The molecule has 0 spiro atoms. The SMILES string of the molecule is CNc1cc(NN2C(C)CCCC2C)nc(C(C)C)n1. The molecule has 5 nitrogen and oxygen atoms in total. The van der Waals surface area contributed by atoms with Crippen LogP contribution in [-0.2, 0) is 0 Å². The van der Waals surface area contributed by atoms with E-state index in [2.05, 4.69) is 53.4 Å². The van der Waals surface area contributed by atoms with Crippen molar-refractivity contribution in [3.05, 3.63) is 11.9 Å². The molecular weight excluding hydrogens is 250 g/mol. The summed E-state index contributed by atoms with van der Waals surface area (Å²) in [4.78, 5) is 9.14. The fourth-order valence-corrected chi connectivity index (χ4v) is 2.68. The summed E-state index contributed by atoms with van der Waals surface area (Å²) in [6.07, 6.45) is 3.78. The Bertz CT molecular complexity index is 436. The van der Waals surface area contributed by atoms with Gasteiger partial charge in [0.05, 0.1) is 0 Å². The van der Waals surface area contributed by atoms with Crippen molar-refractivity contribution in [1.29, 1.82) is 0 Å². The maximum absolute atomic E-state index is 4.64. The van der Waals surface area contributed by atoms with Crippen LogP contribution in [0.2, 0.25) is 0 Å². The lowest BCUT2D eigenvalue weighted by atomic mass is 10.00. The van der Waals surface area contributed by atoms with Gasteiger partial charge in [-0.2, -0.15) is 0 Å². The van der Waals surface area contributed by atoms with Crippen LogP contribution in [-0.4, -0.2) is 34.1 Å². The summed E-state index contributed by atoms with van der Waals surface area (Å²) in [5.74, 6) is 2.94. The average molecular weight is 277 g/mol. The molecule has 0 aliphatic carbocycles. The van der Waals surface area contributed by atoms with Crippen molar-refractivity contribution in [3.8, 4) is 0 Å². The first-order chi connectivity index (χ1) is 9.51. The number of piperidine rings is 1. The van der Waals surface area contributed by atoms with E-state index in [1.165, 1.54) is 19.3 Å². The number of aromatic nitrogens is 2. The highest BCUT2D eigenvalue weighted by Crippen LogP contribution is 2.24. The van der Waals surface area contributed by atoms with Gasteiger partial charge in [0.25, 0.3) is 0 Å². The summed E-state index contributed by atoms with van der Waals surface area (Å²) in [5.41, 5.74) is 3.49. The largest absolute Gasteiger partial charge is 0.373 e. The van der Waals surface area contributed by atoms with E-state index in [1.807, 2.05) is 13.1 Å². The summed E-state index contributed by atoms with van der Waals surface area (Å²) in [5, 5.41) is 5.44. The molecule has 5 heteroatoms. The molecule has 2 N–H and O–H groups in total. The molecule has 2 unspecified atom stereocenters. The van der Waals surface area contributed by atoms with E-state index in [4.69, 9.17) is 0 Å². The lowest BCUT2D eigenvalue weighted by molar-refractivity contribution is 0.135. The number of nitrogens with zero attached hydrogens (tertiary/aromatic N) is 3. The highest BCUT2D eigenvalue weighted by atomic mass is 15.5. The maximum Gasteiger partial charge on any atom is 0.146 e. The molecule has 1 aromatic heterocycles. The van der Waals surface area contributed by atoms with Gasteiger partial charge >= 0.3 is 0 Å². The van der Waals surface area contributed by atoms with Crippen molar-refractivity contribution >= 4 is 11.6 Å². The Morgan fingerprint density at radius 3 is 2.30 bits per heavy atom. The maximum atomic E-state index is 4.64. The van der Waals surface area contributed by atoms with Crippen molar-refractivity contribution in [2.45, 2.75) is 65.0 Å². The first kappa shape index (κ1) is 15.0. The Hall–Kier alpha value is -1.36. The van der Waals surface area contributed by atoms with Crippen molar-refractivity contribution < 1.29 is 0 Å². The van der Waals surface area contributed by atoms with Crippen molar-refractivity contribution in [1.82, 2.24) is 15.0 Å². The van der Waals surface area contributed by atoms with Crippen LogP contribution in [0.1, 0.15) is 58.7 Å². The zero-order valence-corrected chi connectivity index (χ0v) is 13.3. The summed E-state index contributed by atoms with van der Waals surface area (Å²) in [6.45, 7) is 8.77. The van der Waals surface area contributed by atoms with Crippen molar-refractivity contribution in [3.63, 3.8) is 0 Å². The minimum Gasteiger partial charge on any atom is -0.373 e. The molecule has 1 aliphatic rings. The summed E-state index contributed by atoms with van der Waals surface area (Å²) < 4.78 is 0. The smallest absolute Gasteiger partial charge is 0.146 e. The van der Waals surface area contributed by atoms with E-state index < -0.39 is 0 Å². The number of hydrogen-bond acceptors (Lipinski definition) is 5. The molecule has 0 aromatic carbocycles. The van der Waals surface area contributed by atoms with Crippen LogP contribution in [0.25, 0.3) is 0 Å². The van der Waals surface area contributed by atoms with E-state index >= 15 is 0 Å². The Kier molecular flexibility index (Phi) is 4.81. The Balaban J connectivity index is 2.21. The lowest BCUT2D eigenvalue weighted by Gasteiger charge is -2.39. The lowest BCUT2D eigenvalue weighted by Crippen LogP contribution is -2.47. The highest BCUT2D eigenvalue weighted by molar-refractivity contribution is 5.47. The van der Waals surface area contributed by atoms with E-state index in [-0.39, 0.29) is 0 Å². The van der Waals surface area contributed by atoms with Gasteiger partial charge in [-0.1, -0.05) is 20.3 Å². The first-order valence-corrected chi connectivity index (χ1v) is 7.63. The molecule has 20 heavy (non-hydrogen) atoms. The third kappa shape index (κ3) is 3.39. The standard InChI is InChI=1S/C15H27N5/c1-10(2)15-17-13(16-5)9-14(18-15)19-20-11(3)7-6-8-12(20)4/h9-12H,6-8H2,1-5H3,(H2,16,17,18,19). The zero-order chi connectivity index (χ0) is 14.7. The van der Waals surface area contributed by atoms with Crippen LogP contribution in [0.15, 0.2) is 6.07 Å². The van der Waals surface area contributed by atoms with Gasteiger partial charge in [-0.3, -0.25) is 0 Å². The van der Waals surface area contributed by atoms with Gasteiger partial charge in [-0.15, -0.1) is 0 Å². The third-order valence-electron chi connectivity index (χ3n) is 3.95. The monoisotopic (exact) mass is 277 g/mol. The molecule has 0 saturated carbocycles. The molecule has 2 atom stereocenters. The van der Waals surface area contributed by atoms with Crippen LogP contribution in [0.5, 0.6) is 0 Å². The third-order valence-corrected chi connectivity index (χ3v) is 3.95. The summed E-state index contributed by atoms with van der Waals surface area (Å²) in [7, 11) is 1.89. The van der Waals surface area contributed by atoms with Gasteiger partial charge in [0.2, 0.25) is 0 Å². The number of nitrogens with one attached hydrogen (secondary N) is 2. The van der Waals surface area contributed by atoms with E-state index in [0.29, 0.717) is 18.0 Å². The normalized spacial score (nSPS) is 23.9. The molecule has 2 rings (SSSR count).